The number of nitrogens with zero attached hydrogens (tertiary/aromatic N) is 2. The van der Waals surface area contributed by atoms with E-state index >= 15 is 0 Å². The van der Waals surface area contributed by atoms with Crippen LogP contribution in [0.1, 0.15) is 12.5 Å². The molecule has 0 radical (unpaired) electrons. The molecule has 1 aromatic carbocycles. The second-order valence-electron chi connectivity index (χ2n) is 5.24. The lowest BCUT2D eigenvalue weighted by molar-refractivity contribution is 0.180. The van der Waals surface area contributed by atoms with Crippen LogP contribution in [0.25, 0.3) is 0 Å². The fourth-order valence-electron chi connectivity index (χ4n) is 2.48. The molecular formula is C14H23N3O3S. The van der Waals surface area contributed by atoms with Crippen molar-refractivity contribution in [2.75, 3.05) is 44.8 Å². The predicted octanol–water partition coefficient (Wildman–Crippen LogP) is 0.745. The number of ether oxygens (including phenoxy) is 1. The molecule has 0 unspecified atom stereocenters. The van der Waals surface area contributed by atoms with E-state index in [9.17, 15) is 8.42 Å². The van der Waals surface area contributed by atoms with Gasteiger partial charge in [-0.25, -0.2) is 8.42 Å². The molecule has 0 saturated carbocycles. The number of benzene rings is 1. The number of hydrogen-bond acceptors (Lipinski definition) is 5. The molecule has 1 aromatic rings. The van der Waals surface area contributed by atoms with Gasteiger partial charge in [0.25, 0.3) is 0 Å². The SMILES string of the molecule is CCOc1ccc(N)cc1CN1CCN(S(C)(=O)=O)CC1. The van der Waals surface area contributed by atoms with Gasteiger partial charge in [0.15, 0.2) is 0 Å². The van der Waals surface area contributed by atoms with Gasteiger partial charge in [-0.15, -0.1) is 0 Å². The lowest BCUT2D eigenvalue weighted by Gasteiger charge is -2.33. The van der Waals surface area contributed by atoms with Crippen molar-refractivity contribution in [3.8, 4) is 5.75 Å². The molecule has 1 fully saturated rings. The standard InChI is InChI=1S/C14H23N3O3S/c1-3-20-14-5-4-13(15)10-12(14)11-16-6-8-17(9-7-16)21(2,18)19/h4-5,10H,3,6-9,11,15H2,1-2H3. The Balaban J connectivity index is 2.02. The van der Waals surface area contributed by atoms with Crippen molar-refractivity contribution in [1.82, 2.24) is 9.21 Å². The summed E-state index contributed by atoms with van der Waals surface area (Å²) in [5.41, 5.74) is 7.60. The molecule has 2 rings (SSSR count). The molecule has 0 aromatic heterocycles. The van der Waals surface area contributed by atoms with Crippen LogP contribution in [-0.4, -0.2) is 56.7 Å². The first-order valence-corrected chi connectivity index (χ1v) is 8.93. The minimum absolute atomic E-state index is 0.533. The largest absolute Gasteiger partial charge is 0.494 e. The highest BCUT2D eigenvalue weighted by molar-refractivity contribution is 7.88. The summed E-state index contributed by atoms with van der Waals surface area (Å²) in [4.78, 5) is 2.22. The molecule has 0 aliphatic carbocycles. The van der Waals surface area contributed by atoms with Crippen molar-refractivity contribution in [1.29, 1.82) is 0 Å². The molecule has 1 saturated heterocycles. The molecule has 6 nitrogen and oxygen atoms in total. The van der Waals surface area contributed by atoms with Crippen molar-refractivity contribution < 1.29 is 13.2 Å². The Hall–Kier alpha value is -1.31. The minimum atomic E-state index is -3.08. The lowest BCUT2D eigenvalue weighted by Crippen LogP contribution is -2.47. The zero-order valence-electron chi connectivity index (χ0n) is 12.6. The number of rotatable bonds is 5. The van der Waals surface area contributed by atoms with Gasteiger partial charge in [-0.2, -0.15) is 4.31 Å². The molecule has 0 bridgehead atoms. The molecule has 1 heterocycles. The molecule has 118 valence electrons. The summed E-state index contributed by atoms with van der Waals surface area (Å²) in [6.45, 7) is 5.78. The number of nitrogens with two attached hydrogens (primary N) is 1. The number of piperazine rings is 1. The first-order chi connectivity index (χ1) is 9.90. The Morgan fingerprint density at radius 3 is 2.48 bits per heavy atom. The van der Waals surface area contributed by atoms with Crippen LogP contribution in [-0.2, 0) is 16.6 Å². The van der Waals surface area contributed by atoms with Gasteiger partial charge in [-0.3, -0.25) is 4.90 Å². The van der Waals surface area contributed by atoms with Crippen LogP contribution in [0.4, 0.5) is 5.69 Å². The summed E-state index contributed by atoms with van der Waals surface area (Å²) in [5.74, 6) is 0.845. The Kier molecular flexibility index (Phi) is 5.08. The lowest BCUT2D eigenvalue weighted by atomic mass is 10.1. The summed E-state index contributed by atoms with van der Waals surface area (Å²) in [5, 5.41) is 0. The van der Waals surface area contributed by atoms with Gasteiger partial charge < -0.3 is 10.5 Å². The first kappa shape index (κ1) is 16.1. The van der Waals surface area contributed by atoms with E-state index in [0.29, 0.717) is 38.5 Å². The maximum Gasteiger partial charge on any atom is 0.211 e. The first-order valence-electron chi connectivity index (χ1n) is 7.09. The van der Waals surface area contributed by atoms with Crippen LogP contribution in [0.5, 0.6) is 5.75 Å². The third-order valence-electron chi connectivity index (χ3n) is 3.58. The number of nitrogen functional groups attached to an aromatic ring is 1. The van der Waals surface area contributed by atoms with Crippen LogP contribution in [0.3, 0.4) is 0 Å². The molecule has 0 atom stereocenters. The highest BCUT2D eigenvalue weighted by Crippen LogP contribution is 2.23. The Bertz CT molecular complexity index is 581. The normalized spacial score (nSPS) is 17.8. The summed E-state index contributed by atoms with van der Waals surface area (Å²) in [7, 11) is -3.08. The Morgan fingerprint density at radius 2 is 1.90 bits per heavy atom. The van der Waals surface area contributed by atoms with E-state index in [2.05, 4.69) is 4.90 Å². The van der Waals surface area contributed by atoms with Crippen LogP contribution in [0.2, 0.25) is 0 Å². The van der Waals surface area contributed by atoms with Crippen LogP contribution >= 0.6 is 0 Å². The fourth-order valence-corrected chi connectivity index (χ4v) is 3.31. The highest BCUT2D eigenvalue weighted by atomic mass is 32.2. The van der Waals surface area contributed by atoms with Crippen molar-refractivity contribution in [2.45, 2.75) is 13.5 Å². The molecule has 21 heavy (non-hydrogen) atoms. The maximum atomic E-state index is 11.5. The fraction of sp³-hybridized carbons (Fsp3) is 0.571. The van der Waals surface area contributed by atoms with Gasteiger partial charge in [-0.05, 0) is 25.1 Å². The highest BCUT2D eigenvalue weighted by Gasteiger charge is 2.23. The second-order valence-corrected chi connectivity index (χ2v) is 7.22. The molecule has 7 heteroatoms. The summed E-state index contributed by atoms with van der Waals surface area (Å²) < 4.78 is 30.2. The van der Waals surface area contributed by atoms with Crippen LogP contribution < -0.4 is 10.5 Å². The molecule has 1 aliphatic heterocycles. The van der Waals surface area contributed by atoms with Gasteiger partial charge in [0.1, 0.15) is 5.75 Å². The van der Waals surface area contributed by atoms with Crippen molar-refractivity contribution in [2.24, 2.45) is 0 Å². The topological polar surface area (TPSA) is 75.9 Å². The molecular weight excluding hydrogens is 290 g/mol. The van der Waals surface area contributed by atoms with Gasteiger partial charge >= 0.3 is 0 Å². The third kappa shape index (κ3) is 4.33. The monoisotopic (exact) mass is 313 g/mol. The Labute approximate surface area is 126 Å². The number of sulfonamides is 1. The van der Waals surface area contributed by atoms with Crippen LogP contribution in [0.15, 0.2) is 18.2 Å². The van der Waals surface area contributed by atoms with E-state index < -0.39 is 10.0 Å². The summed E-state index contributed by atoms with van der Waals surface area (Å²) >= 11 is 0. The van der Waals surface area contributed by atoms with E-state index in [1.165, 1.54) is 10.6 Å². The average Bonchev–Trinajstić information content (AvgIpc) is 2.42. The third-order valence-corrected chi connectivity index (χ3v) is 4.88. The summed E-state index contributed by atoms with van der Waals surface area (Å²) in [6, 6.07) is 5.64. The van der Waals surface area contributed by atoms with E-state index in [1.54, 1.807) is 0 Å². The van der Waals surface area contributed by atoms with E-state index in [4.69, 9.17) is 10.5 Å². The zero-order chi connectivity index (χ0) is 15.5. The maximum absolute atomic E-state index is 11.5. The average molecular weight is 313 g/mol. The van der Waals surface area contributed by atoms with Crippen molar-refractivity contribution in [3.63, 3.8) is 0 Å². The van der Waals surface area contributed by atoms with Crippen molar-refractivity contribution >= 4 is 15.7 Å². The molecule has 0 spiro atoms. The smallest absolute Gasteiger partial charge is 0.211 e. The molecule has 1 aliphatic rings. The minimum Gasteiger partial charge on any atom is -0.494 e. The van der Waals surface area contributed by atoms with Gasteiger partial charge in [0, 0.05) is 44.0 Å². The van der Waals surface area contributed by atoms with Gasteiger partial charge in [-0.1, -0.05) is 0 Å². The van der Waals surface area contributed by atoms with Crippen molar-refractivity contribution in [3.05, 3.63) is 23.8 Å². The number of hydrogen-bond donors (Lipinski definition) is 1. The van der Waals surface area contributed by atoms with Crippen LogP contribution in [0, 0.1) is 0 Å². The number of anilines is 1. The van der Waals surface area contributed by atoms with E-state index in [-0.39, 0.29) is 0 Å². The second kappa shape index (κ2) is 6.64. The molecule has 0 amide bonds. The Morgan fingerprint density at radius 1 is 1.24 bits per heavy atom. The van der Waals surface area contributed by atoms with Gasteiger partial charge in [0.05, 0.1) is 12.9 Å². The summed E-state index contributed by atoms with van der Waals surface area (Å²) in [6.07, 6.45) is 1.26. The predicted molar refractivity (Wildman–Crippen MR) is 83.7 cm³/mol. The molecule has 2 N–H and O–H groups in total. The zero-order valence-corrected chi connectivity index (χ0v) is 13.4. The van der Waals surface area contributed by atoms with Gasteiger partial charge in [0.2, 0.25) is 10.0 Å². The van der Waals surface area contributed by atoms with E-state index in [0.717, 1.165) is 17.9 Å². The van der Waals surface area contributed by atoms with E-state index in [1.807, 2.05) is 25.1 Å². The quantitative estimate of drug-likeness (QED) is 0.812.